The number of esters is 1. The van der Waals surface area contributed by atoms with Gasteiger partial charge in [-0.05, 0) is 18.4 Å². The number of hydrogen-bond donors (Lipinski definition) is 0. The summed E-state index contributed by atoms with van der Waals surface area (Å²) in [5.41, 5.74) is -0.894. The van der Waals surface area contributed by atoms with Crippen LogP contribution in [0.1, 0.15) is 17.3 Å². The smallest absolute Gasteiger partial charge is 0.372 e. The summed E-state index contributed by atoms with van der Waals surface area (Å²) in [6.45, 7) is 1.86. The van der Waals surface area contributed by atoms with E-state index in [1.165, 1.54) is 10.9 Å². The van der Waals surface area contributed by atoms with Gasteiger partial charge in [0.25, 0.3) is 0 Å². The number of carbonyl (C=O) groups is 1. The van der Waals surface area contributed by atoms with Gasteiger partial charge in [0.05, 0.1) is 12.8 Å². The van der Waals surface area contributed by atoms with Crippen molar-refractivity contribution in [1.29, 1.82) is 0 Å². The zero-order valence-electron chi connectivity index (χ0n) is 11.3. The predicted octanol–water partition coefficient (Wildman–Crippen LogP) is 2.16. The number of fused-ring (bicyclic) bond motifs is 1. The molecular weight excluding hydrogens is 272 g/mol. The van der Waals surface area contributed by atoms with Gasteiger partial charge in [-0.15, -0.1) is 0 Å². The summed E-state index contributed by atoms with van der Waals surface area (Å²) in [5, 5.41) is 1.77. The first-order valence-electron chi connectivity index (χ1n) is 6.45. The zero-order valence-corrected chi connectivity index (χ0v) is 11.3. The molecule has 3 rings (SSSR count). The number of pyridine rings is 1. The van der Waals surface area contributed by atoms with Gasteiger partial charge < -0.3 is 9.26 Å². The van der Waals surface area contributed by atoms with Gasteiger partial charge in [0.1, 0.15) is 0 Å². The second kappa shape index (κ2) is 5.24. The summed E-state index contributed by atoms with van der Waals surface area (Å²) < 4.78 is 11.1. The van der Waals surface area contributed by atoms with E-state index in [0.29, 0.717) is 5.82 Å². The third-order valence-electron chi connectivity index (χ3n) is 3.00. The summed E-state index contributed by atoms with van der Waals surface area (Å²) in [7, 11) is 0. The summed E-state index contributed by atoms with van der Waals surface area (Å²) in [5.74, 6) is -0.258. The molecule has 2 aromatic heterocycles. The molecule has 0 amide bonds. The number of nitrogens with zero attached hydrogens (tertiary/aromatic N) is 2. The molecule has 0 saturated carbocycles. The first-order chi connectivity index (χ1) is 10.2. The highest BCUT2D eigenvalue weighted by Crippen LogP contribution is 2.19. The quantitative estimate of drug-likeness (QED) is 0.689. The normalized spacial score (nSPS) is 10.7. The van der Waals surface area contributed by atoms with E-state index >= 15 is 0 Å². The van der Waals surface area contributed by atoms with Crippen LogP contribution in [0.4, 0.5) is 0 Å². The molecular formula is C15H12N2O4. The van der Waals surface area contributed by atoms with E-state index in [4.69, 9.17) is 9.26 Å². The fourth-order valence-electron chi connectivity index (χ4n) is 2.06. The summed E-state index contributed by atoms with van der Waals surface area (Å²) in [6.07, 6.45) is 2.91. The Balaban J connectivity index is 2.14. The van der Waals surface area contributed by atoms with Crippen LogP contribution in [0.25, 0.3) is 16.6 Å². The summed E-state index contributed by atoms with van der Waals surface area (Å²) >= 11 is 0. The van der Waals surface area contributed by atoms with Crippen molar-refractivity contribution >= 4 is 16.7 Å². The van der Waals surface area contributed by atoms with Crippen LogP contribution in [0.3, 0.4) is 0 Å². The lowest BCUT2D eigenvalue weighted by atomic mass is 10.1. The van der Waals surface area contributed by atoms with Crippen LogP contribution < -0.4 is 5.63 Å². The molecule has 0 spiro atoms. The van der Waals surface area contributed by atoms with Crippen molar-refractivity contribution in [2.75, 3.05) is 6.61 Å². The van der Waals surface area contributed by atoms with Crippen molar-refractivity contribution in [2.24, 2.45) is 0 Å². The minimum absolute atomic E-state index is 0.147. The third kappa shape index (κ3) is 2.31. The zero-order chi connectivity index (χ0) is 14.8. The second-order valence-corrected chi connectivity index (χ2v) is 4.32. The number of aromatic nitrogens is 2. The molecule has 0 atom stereocenters. The SMILES string of the molecule is CCOC(=O)c1cn(-c2nccc3ccccc23)oc1=O. The Morgan fingerprint density at radius 1 is 1.33 bits per heavy atom. The highest BCUT2D eigenvalue weighted by atomic mass is 16.5. The number of rotatable bonds is 3. The van der Waals surface area contributed by atoms with Crippen LogP contribution in [0, 0.1) is 0 Å². The monoisotopic (exact) mass is 284 g/mol. The van der Waals surface area contributed by atoms with Gasteiger partial charge in [-0.25, -0.2) is 14.6 Å². The Hall–Kier alpha value is -2.89. The molecule has 0 N–H and O–H groups in total. The average Bonchev–Trinajstić information content (AvgIpc) is 2.89. The van der Waals surface area contributed by atoms with Gasteiger partial charge in [-0.3, -0.25) is 0 Å². The highest BCUT2D eigenvalue weighted by Gasteiger charge is 2.18. The van der Waals surface area contributed by atoms with E-state index in [1.807, 2.05) is 30.3 Å². The first kappa shape index (κ1) is 13.1. The Morgan fingerprint density at radius 3 is 2.95 bits per heavy atom. The lowest BCUT2D eigenvalue weighted by Crippen LogP contribution is -2.12. The molecule has 0 saturated heterocycles. The van der Waals surface area contributed by atoms with E-state index in [1.54, 1.807) is 13.1 Å². The van der Waals surface area contributed by atoms with Gasteiger partial charge >= 0.3 is 11.6 Å². The van der Waals surface area contributed by atoms with Gasteiger partial charge in [0, 0.05) is 11.6 Å². The van der Waals surface area contributed by atoms with Gasteiger partial charge in [0.15, 0.2) is 11.4 Å². The molecule has 21 heavy (non-hydrogen) atoms. The van der Waals surface area contributed by atoms with E-state index in [9.17, 15) is 9.59 Å². The van der Waals surface area contributed by atoms with Crippen LogP contribution in [0.15, 0.2) is 52.0 Å². The van der Waals surface area contributed by atoms with Crippen molar-refractivity contribution in [2.45, 2.75) is 6.92 Å². The fraction of sp³-hybridized carbons (Fsp3) is 0.133. The van der Waals surface area contributed by atoms with Crippen molar-refractivity contribution in [3.05, 3.63) is 58.7 Å². The van der Waals surface area contributed by atoms with Crippen molar-refractivity contribution in [3.63, 3.8) is 0 Å². The molecule has 0 aliphatic heterocycles. The van der Waals surface area contributed by atoms with Crippen molar-refractivity contribution in [1.82, 2.24) is 9.72 Å². The van der Waals surface area contributed by atoms with Gasteiger partial charge in [0.2, 0.25) is 0 Å². The molecule has 1 aromatic carbocycles. The number of ether oxygens (including phenoxy) is 1. The van der Waals surface area contributed by atoms with Crippen LogP contribution in [-0.4, -0.2) is 22.3 Å². The largest absolute Gasteiger partial charge is 0.462 e. The molecule has 0 aliphatic rings. The molecule has 0 radical (unpaired) electrons. The van der Waals surface area contributed by atoms with E-state index in [-0.39, 0.29) is 12.2 Å². The van der Waals surface area contributed by atoms with Crippen molar-refractivity contribution < 1.29 is 14.1 Å². The van der Waals surface area contributed by atoms with Gasteiger partial charge in [-0.2, -0.15) is 4.74 Å². The maximum absolute atomic E-state index is 11.7. The van der Waals surface area contributed by atoms with Crippen LogP contribution in [0.2, 0.25) is 0 Å². The Labute approximate surface area is 119 Å². The molecule has 0 bridgehead atoms. The number of hydrogen-bond acceptors (Lipinski definition) is 5. The molecule has 106 valence electrons. The maximum atomic E-state index is 11.7. The highest BCUT2D eigenvalue weighted by molar-refractivity contribution is 5.90. The molecule has 2 heterocycles. The standard InChI is InChI=1S/C15H12N2O4/c1-2-20-14(18)12-9-17(21-15(12)19)13-11-6-4-3-5-10(11)7-8-16-13/h3-9H,2H2,1H3. The average molecular weight is 284 g/mol. The first-order valence-corrected chi connectivity index (χ1v) is 6.45. The molecule has 0 aliphatic carbocycles. The van der Waals surface area contributed by atoms with Crippen LogP contribution >= 0.6 is 0 Å². The van der Waals surface area contributed by atoms with Crippen LogP contribution in [0.5, 0.6) is 0 Å². The van der Waals surface area contributed by atoms with Crippen molar-refractivity contribution in [3.8, 4) is 5.82 Å². The summed E-state index contributed by atoms with van der Waals surface area (Å²) in [4.78, 5) is 27.6. The fourth-order valence-corrected chi connectivity index (χ4v) is 2.06. The van der Waals surface area contributed by atoms with E-state index in [0.717, 1.165) is 10.8 Å². The summed E-state index contributed by atoms with van der Waals surface area (Å²) in [6, 6.07) is 9.41. The van der Waals surface area contributed by atoms with E-state index in [2.05, 4.69) is 4.98 Å². The Kier molecular flexibility index (Phi) is 3.27. The van der Waals surface area contributed by atoms with E-state index < -0.39 is 11.6 Å². The Morgan fingerprint density at radius 2 is 2.14 bits per heavy atom. The Bertz CT molecular complexity index is 858. The molecule has 6 nitrogen and oxygen atoms in total. The number of carbonyl (C=O) groups excluding carboxylic acids is 1. The molecule has 6 heteroatoms. The molecule has 0 fully saturated rings. The lowest BCUT2D eigenvalue weighted by molar-refractivity contribution is 0.0523. The topological polar surface area (TPSA) is 74.3 Å². The lowest BCUT2D eigenvalue weighted by Gasteiger charge is -2.03. The third-order valence-corrected chi connectivity index (χ3v) is 3.00. The minimum atomic E-state index is -0.747. The maximum Gasteiger partial charge on any atom is 0.372 e. The predicted molar refractivity (Wildman–Crippen MR) is 75.6 cm³/mol. The number of benzene rings is 1. The van der Waals surface area contributed by atoms with Crippen LogP contribution in [-0.2, 0) is 4.74 Å². The minimum Gasteiger partial charge on any atom is -0.462 e. The second-order valence-electron chi connectivity index (χ2n) is 4.32. The molecule has 0 unspecified atom stereocenters. The molecule has 3 aromatic rings. The van der Waals surface area contributed by atoms with Gasteiger partial charge in [-0.1, -0.05) is 24.3 Å².